The molecule has 10 nitrogen and oxygen atoms in total. The average Bonchev–Trinajstić information content (AvgIpc) is 3.32. The van der Waals surface area contributed by atoms with E-state index in [1.807, 2.05) is 27.0 Å². The highest BCUT2D eigenvalue weighted by molar-refractivity contribution is 8.04. The van der Waals surface area contributed by atoms with Gasteiger partial charge >= 0.3 is 0 Å². The molecule has 3 rings (SSSR count). The molecule has 184 valence electrons. The first kappa shape index (κ1) is 28.8. The number of hydrogen-bond donors (Lipinski definition) is 2. The van der Waals surface area contributed by atoms with Crippen molar-refractivity contribution in [2.75, 3.05) is 39.6 Å². The second kappa shape index (κ2) is 16.4. The second-order valence-corrected chi connectivity index (χ2v) is 7.24. The van der Waals surface area contributed by atoms with Crippen molar-refractivity contribution in [3.05, 3.63) is 58.3 Å². The van der Waals surface area contributed by atoms with Gasteiger partial charge in [-0.1, -0.05) is 37.2 Å². The smallest absolute Gasteiger partial charge is 0.298 e. The van der Waals surface area contributed by atoms with Crippen LogP contribution < -0.4 is 15.4 Å². The van der Waals surface area contributed by atoms with Crippen molar-refractivity contribution < 1.29 is 33.2 Å². The normalized spacial score (nSPS) is 11.7. The van der Waals surface area contributed by atoms with Crippen LogP contribution in [0.5, 0.6) is 5.75 Å². The van der Waals surface area contributed by atoms with Crippen molar-refractivity contribution >= 4 is 35.7 Å². The summed E-state index contributed by atoms with van der Waals surface area (Å²) in [4.78, 5) is 46.2. The van der Waals surface area contributed by atoms with E-state index in [4.69, 9.17) is 9.26 Å². The SMILES string of the molecule is CC.CNCCOCCSC1=CC(=O)c2onc(C(=O)NC)c2C1=O.O=COc1ccccc1. The third kappa shape index (κ3) is 8.58. The van der Waals surface area contributed by atoms with Crippen LogP contribution in [-0.4, -0.2) is 68.7 Å². The maximum atomic E-state index is 12.5. The minimum atomic E-state index is -0.571. The molecule has 0 fully saturated rings. The largest absolute Gasteiger partial charge is 0.429 e. The lowest BCUT2D eigenvalue weighted by Gasteiger charge is -2.10. The number of carbonyl (C=O) groups is 4. The molecule has 1 aliphatic rings. The minimum absolute atomic E-state index is 0.0737. The Kier molecular flexibility index (Phi) is 13.8. The highest BCUT2D eigenvalue weighted by atomic mass is 32.2. The number of rotatable bonds is 10. The molecule has 11 heteroatoms. The Bertz CT molecular complexity index is 974. The quantitative estimate of drug-likeness (QED) is 0.377. The van der Waals surface area contributed by atoms with Crippen molar-refractivity contribution in [1.29, 1.82) is 0 Å². The van der Waals surface area contributed by atoms with E-state index in [9.17, 15) is 19.2 Å². The lowest BCUT2D eigenvalue weighted by Crippen LogP contribution is -2.23. The summed E-state index contributed by atoms with van der Waals surface area (Å²) in [5.41, 5.74) is -0.243. The molecule has 0 aliphatic heterocycles. The molecule has 0 atom stereocenters. The minimum Gasteiger partial charge on any atom is -0.429 e. The summed E-state index contributed by atoms with van der Waals surface area (Å²) in [5.74, 6) is -0.571. The number of thioether (sulfide) groups is 1. The number of ether oxygens (including phenoxy) is 2. The van der Waals surface area contributed by atoms with E-state index in [1.165, 1.54) is 24.9 Å². The van der Waals surface area contributed by atoms with Gasteiger partial charge in [-0.2, -0.15) is 0 Å². The topological polar surface area (TPSA) is 137 Å². The van der Waals surface area contributed by atoms with Crippen molar-refractivity contribution in [1.82, 2.24) is 15.8 Å². The highest BCUT2D eigenvalue weighted by Gasteiger charge is 2.35. The number of fused-ring (bicyclic) bond motifs is 1. The number of benzene rings is 1. The van der Waals surface area contributed by atoms with Crippen LogP contribution in [0.25, 0.3) is 0 Å². The van der Waals surface area contributed by atoms with Crippen molar-refractivity contribution in [3.63, 3.8) is 0 Å². The fourth-order valence-electron chi connectivity index (χ4n) is 2.46. The third-order valence-corrected chi connectivity index (χ3v) is 4.97. The number of para-hydroxylation sites is 1. The van der Waals surface area contributed by atoms with Gasteiger partial charge < -0.3 is 24.6 Å². The van der Waals surface area contributed by atoms with Gasteiger partial charge in [0.25, 0.3) is 12.4 Å². The van der Waals surface area contributed by atoms with E-state index in [1.54, 1.807) is 24.3 Å². The molecule has 0 unspecified atom stereocenters. The number of hydrogen-bond acceptors (Lipinski definition) is 10. The molecule has 34 heavy (non-hydrogen) atoms. The molecule has 0 bridgehead atoms. The first-order valence-electron chi connectivity index (χ1n) is 10.6. The summed E-state index contributed by atoms with van der Waals surface area (Å²) in [5, 5.41) is 8.85. The fraction of sp³-hybridized carbons (Fsp3) is 0.348. The van der Waals surface area contributed by atoms with Gasteiger partial charge in [-0.3, -0.25) is 19.2 Å². The molecular formula is C23H29N3O7S. The summed E-state index contributed by atoms with van der Waals surface area (Å²) >= 11 is 1.21. The summed E-state index contributed by atoms with van der Waals surface area (Å²) in [6.07, 6.45) is 1.21. The predicted molar refractivity (Wildman–Crippen MR) is 128 cm³/mol. The molecule has 1 aliphatic carbocycles. The zero-order valence-electron chi connectivity index (χ0n) is 19.6. The second-order valence-electron chi connectivity index (χ2n) is 6.11. The molecule has 0 saturated heterocycles. The number of Topliss-reactive ketones (excluding diaryl/α,β-unsaturated/α-hetero) is 1. The van der Waals surface area contributed by atoms with Gasteiger partial charge in [0, 0.05) is 25.4 Å². The number of likely N-dealkylation sites (N-methyl/N-ethyl adjacent to an activating group) is 1. The number of carbonyl (C=O) groups excluding carboxylic acids is 4. The first-order chi connectivity index (χ1) is 16.5. The Labute approximate surface area is 202 Å². The van der Waals surface area contributed by atoms with E-state index in [2.05, 4.69) is 20.5 Å². The fourth-order valence-corrected chi connectivity index (χ4v) is 3.31. The van der Waals surface area contributed by atoms with E-state index < -0.39 is 17.5 Å². The van der Waals surface area contributed by atoms with Crippen LogP contribution in [-0.2, 0) is 9.53 Å². The van der Waals surface area contributed by atoms with E-state index in [0.29, 0.717) is 31.2 Å². The summed E-state index contributed by atoms with van der Waals surface area (Å²) in [6, 6.07) is 8.90. The molecule has 0 radical (unpaired) electrons. The predicted octanol–water partition coefficient (Wildman–Crippen LogP) is 2.51. The standard InChI is InChI=1S/C14H17N3O5S.C7H6O2.C2H6/c1-15-3-4-21-5-6-23-9-7-8(18)13-10(12(9)19)11(17-22-13)14(20)16-2;8-6-9-7-4-2-1-3-5-7;1-2/h7,15H,3-6H2,1-2H3,(H,16,20);1-6H;1-2H3. The van der Waals surface area contributed by atoms with Crippen molar-refractivity contribution in [3.8, 4) is 5.75 Å². The Morgan fingerprint density at radius 2 is 1.85 bits per heavy atom. The Balaban J connectivity index is 0.000000437. The van der Waals surface area contributed by atoms with Crippen LogP contribution in [0.15, 0.2) is 45.8 Å². The van der Waals surface area contributed by atoms with Gasteiger partial charge in [0.15, 0.2) is 5.69 Å². The highest BCUT2D eigenvalue weighted by Crippen LogP contribution is 2.30. The molecule has 1 heterocycles. The molecular weight excluding hydrogens is 462 g/mol. The van der Waals surface area contributed by atoms with Crippen LogP contribution in [0.2, 0.25) is 0 Å². The van der Waals surface area contributed by atoms with E-state index in [-0.39, 0.29) is 21.9 Å². The monoisotopic (exact) mass is 491 g/mol. The van der Waals surface area contributed by atoms with Gasteiger partial charge in [-0.25, -0.2) is 0 Å². The third-order valence-electron chi connectivity index (χ3n) is 3.98. The Hall–Kier alpha value is -3.28. The molecule has 1 aromatic heterocycles. The average molecular weight is 492 g/mol. The van der Waals surface area contributed by atoms with Crippen LogP contribution >= 0.6 is 11.8 Å². The molecule has 2 N–H and O–H groups in total. The molecule has 2 aromatic rings. The van der Waals surface area contributed by atoms with Crippen LogP contribution in [0.1, 0.15) is 45.2 Å². The Morgan fingerprint density at radius 1 is 1.15 bits per heavy atom. The van der Waals surface area contributed by atoms with Gasteiger partial charge in [0.2, 0.25) is 17.3 Å². The van der Waals surface area contributed by atoms with Crippen molar-refractivity contribution in [2.45, 2.75) is 13.8 Å². The molecule has 0 saturated carbocycles. The van der Waals surface area contributed by atoms with Crippen molar-refractivity contribution in [2.24, 2.45) is 0 Å². The maximum absolute atomic E-state index is 12.5. The molecule has 0 spiro atoms. The first-order valence-corrected chi connectivity index (χ1v) is 11.5. The zero-order chi connectivity index (χ0) is 25.3. The lowest BCUT2D eigenvalue weighted by molar-refractivity contribution is -0.120. The zero-order valence-corrected chi connectivity index (χ0v) is 20.4. The Morgan fingerprint density at radius 3 is 2.47 bits per heavy atom. The number of ketones is 2. The van der Waals surface area contributed by atoms with E-state index in [0.717, 1.165) is 6.54 Å². The number of nitrogens with one attached hydrogen (secondary N) is 2. The maximum Gasteiger partial charge on any atom is 0.298 e. The molecule has 1 aromatic carbocycles. The number of amides is 1. The van der Waals surface area contributed by atoms with Gasteiger partial charge in [-0.05, 0) is 19.2 Å². The number of allylic oxidation sites excluding steroid dienone is 2. The van der Waals surface area contributed by atoms with Gasteiger partial charge in [0.1, 0.15) is 11.3 Å². The van der Waals surface area contributed by atoms with Gasteiger partial charge in [0.05, 0.1) is 18.1 Å². The number of nitrogens with zero attached hydrogens (tertiary/aromatic N) is 1. The summed E-state index contributed by atoms with van der Waals surface area (Å²) in [6.45, 7) is 6.17. The van der Waals surface area contributed by atoms with Gasteiger partial charge in [-0.15, -0.1) is 11.8 Å². The number of aromatic nitrogens is 1. The summed E-state index contributed by atoms with van der Waals surface area (Å²) in [7, 11) is 3.24. The molecule has 1 amide bonds. The van der Waals surface area contributed by atoms with Crippen LogP contribution in [0, 0.1) is 0 Å². The van der Waals surface area contributed by atoms with E-state index >= 15 is 0 Å². The summed E-state index contributed by atoms with van der Waals surface area (Å²) < 4.78 is 14.7. The van der Waals surface area contributed by atoms with Crippen LogP contribution in [0.4, 0.5) is 0 Å². The van der Waals surface area contributed by atoms with Crippen LogP contribution in [0.3, 0.4) is 0 Å². The lowest BCUT2D eigenvalue weighted by atomic mass is 10.00.